The van der Waals surface area contributed by atoms with E-state index in [-0.39, 0.29) is 0 Å². The van der Waals surface area contributed by atoms with Crippen LogP contribution in [0, 0.1) is 0 Å². The zero-order chi connectivity index (χ0) is 10.8. The predicted octanol–water partition coefficient (Wildman–Crippen LogP) is 2.19. The molecule has 0 radical (unpaired) electrons. The summed E-state index contributed by atoms with van der Waals surface area (Å²) < 4.78 is 0. The van der Waals surface area contributed by atoms with Gasteiger partial charge in [0.1, 0.15) is 0 Å². The van der Waals surface area contributed by atoms with Crippen LogP contribution in [-0.2, 0) is 6.42 Å². The van der Waals surface area contributed by atoms with Gasteiger partial charge in [-0.05, 0) is 50.4 Å². The molecule has 86 valence electrons. The van der Waals surface area contributed by atoms with Crippen LogP contribution in [0.5, 0.6) is 0 Å². The molecule has 0 amide bonds. The standard InChI is InChI=1S/C14H20N2/c1-2-5-14-12(4-1)6-7-13-8-10-15-9-3-11-16(13)14/h1-2,4-5,13,15H,3,6-11H2/t13-/m0/s1. The fourth-order valence-corrected chi connectivity index (χ4v) is 3.05. The third-order valence-corrected chi connectivity index (χ3v) is 3.90. The molecular weight excluding hydrogens is 196 g/mol. The van der Waals surface area contributed by atoms with Crippen LogP contribution in [0.2, 0.25) is 0 Å². The van der Waals surface area contributed by atoms with Crippen LogP contribution in [0.4, 0.5) is 5.69 Å². The summed E-state index contributed by atoms with van der Waals surface area (Å²) in [4.78, 5) is 2.65. The smallest absolute Gasteiger partial charge is 0.0401 e. The first-order chi connectivity index (χ1) is 7.95. The van der Waals surface area contributed by atoms with Gasteiger partial charge >= 0.3 is 0 Å². The molecule has 0 spiro atoms. The maximum Gasteiger partial charge on any atom is 0.0401 e. The summed E-state index contributed by atoms with van der Waals surface area (Å²) in [5.74, 6) is 0. The van der Waals surface area contributed by atoms with Crippen LogP contribution in [0.1, 0.15) is 24.8 Å². The van der Waals surface area contributed by atoms with Crippen LogP contribution in [0.15, 0.2) is 24.3 Å². The summed E-state index contributed by atoms with van der Waals surface area (Å²) in [6, 6.07) is 9.71. The van der Waals surface area contributed by atoms with E-state index in [0.717, 1.165) is 6.04 Å². The Labute approximate surface area is 97.6 Å². The number of benzene rings is 1. The van der Waals surface area contributed by atoms with E-state index in [1.807, 2.05) is 0 Å². The van der Waals surface area contributed by atoms with Gasteiger partial charge in [-0.2, -0.15) is 0 Å². The highest BCUT2D eigenvalue weighted by molar-refractivity contribution is 5.56. The van der Waals surface area contributed by atoms with Crippen molar-refractivity contribution in [2.24, 2.45) is 0 Å². The van der Waals surface area contributed by atoms with Gasteiger partial charge in [-0.1, -0.05) is 18.2 Å². The highest BCUT2D eigenvalue weighted by atomic mass is 15.2. The summed E-state index contributed by atoms with van der Waals surface area (Å²) in [7, 11) is 0. The minimum atomic E-state index is 0.766. The second-order valence-electron chi connectivity index (χ2n) is 4.91. The normalized spacial score (nSPS) is 25.2. The molecule has 1 fully saturated rings. The van der Waals surface area contributed by atoms with Crippen molar-refractivity contribution in [2.45, 2.75) is 31.7 Å². The first-order valence-electron chi connectivity index (χ1n) is 6.50. The number of para-hydroxylation sites is 1. The molecule has 1 atom stereocenters. The van der Waals surface area contributed by atoms with Crippen molar-refractivity contribution in [1.29, 1.82) is 0 Å². The van der Waals surface area contributed by atoms with Crippen LogP contribution < -0.4 is 10.2 Å². The molecule has 1 aromatic carbocycles. The largest absolute Gasteiger partial charge is 0.368 e. The van der Waals surface area contributed by atoms with Gasteiger partial charge < -0.3 is 10.2 Å². The lowest BCUT2D eigenvalue weighted by atomic mass is 9.93. The van der Waals surface area contributed by atoms with Crippen LogP contribution in [0.25, 0.3) is 0 Å². The van der Waals surface area contributed by atoms with E-state index < -0.39 is 0 Å². The summed E-state index contributed by atoms with van der Waals surface area (Å²) in [5.41, 5.74) is 3.05. The maximum atomic E-state index is 3.52. The van der Waals surface area contributed by atoms with Gasteiger partial charge in [-0.3, -0.25) is 0 Å². The Morgan fingerprint density at radius 2 is 2.06 bits per heavy atom. The summed E-state index contributed by atoms with van der Waals surface area (Å²) >= 11 is 0. The van der Waals surface area contributed by atoms with Gasteiger partial charge in [0.25, 0.3) is 0 Å². The average Bonchev–Trinajstić information content (AvgIpc) is 2.29. The monoisotopic (exact) mass is 216 g/mol. The molecule has 0 saturated carbocycles. The van der Waals surface area contributed by atoms with E-state index >= 15 is 0 Å². The van der Waals surface area contributed by atoms with Gasteiger partial charge in [0.15, 0.2) is 0 Å². The van der Waals surface area contributed by atoms with E-state index in [0.29, 0.717) is 0 Å². The Kier molecular flexibility index (Phi) is 2.83. The maximum absolute atomic E-state index is 3.52. The molecule has 0 unspecified atom stereocenters. The van der Waals surface area contributed by atoms with Gasteiger partial charge in [-0.15, -0.1) is 0 Å². The Balaban J connectivity index is 1.90. The molecule has 0 bridgehead atoms. The number of nitrogens with one attached hydrogen (secondary N) is 1. The molecule has 1 N–H and O–H groups in total. The minimum Gasteiger partial charge on any atom is -0.368 e. The quantitative estimate of drug-likeness (QED) is 0.715. The lowest BCUT2D eigenvalue weighted by Gasteiger charge is -2.40. The van der Waals surface area contributed by atoms with E-state index in [9.17, 15) is 0 Å². The fraction of sp³-hybridized carbons (Fsp3) is 0.571. The number of rotatable bonds is 0. The molecule has 0 aromatic heterocycles. The molecule has 0 aliphatic carbocycles. The summed E-state index contributed by atoms with van der Waals surface area (Å²) in [6.45, 7) is 3.57. The highest BCUT2D eigenvalue weighted by Gasteiger charge is 2.25. The van der Waals surface area contributed by atoms with Crippen LogP contribution >= 0.6 is 0 Å². The van der Waals surface area contributed by atoms with Crippen LogP contribution in [-0.4, -0.2) is 25.7 Å². The molecule has 1 saturated heterocycles. The lowest BCUT2D eigenvalue weighted by Crippen LogP contribution is -2.44. The van der Waals surface area contributed by atoms with Crippen molar-refractivity contribution in [3.05, 3.63) is 29.8 Å². The Bertz CT molecular complexity index is 362. The third kappa shape index (κ3) is 1.82. The van der Waals surface area contributed by atoms with E-state index in [1.165, 1.54) is 51.0 Å². The molecule has 2 heteroatoms. The highest BCUT2D eigenvalue weighted by Crippen LogP contribution is 2.32. The van der Waals surface area contributed by atoms with Gasteiger partial charge in [0.05, 0.1) is 0 Å². The van der Waals surface area contributed by atoms with E-state index in [2.05, 4.69) is 34.5 Å². The predicted molar refractivity (Wildman–Crippen MR) is 68.0 cm³/mol. The van der Waals surface area contributed by atoms with Crippen molar-refractivity contribution in [1.82, 2.24) is 5.32 Å². The number of nitrogens with zero attached hydrogens (tertiary/aromatic N) is 1. The topological polar surface area (TPSA) is 15.3 Å². The van der Waals surface area contributed by atoms with Crippen molar-refractivity contribution in [3.8, 4) is 0 Å². The van der Waals surface area contributed by atoms with Crippen molar-refractivity contribution in [3.63, 3.8) is 0 Å². The number of hydrogen-bond donors (Lipinski definition) is 1. The molecule has 2 aliphatic heterocycles. The zero-order valence-corrected chi connectivity index (χ0v) is 9.78. The molecule has 2 heterocycles. The Morgan fingerprint density at radius 3 is 3.06 bits per heavy atom. The Morgan fingerprint density at radius 1 is 1.12 bits per heavy atom. The van der Waals surface area contributed by atoms with Gasteiger partial charge in [-0.25, -0.2) is 0 Å². The first kappa shape index (κ1) is 10.2. The van der Waals surface area contributed by atoms with E-state index in [4.69, 9.17) is 0 Å². The van der Waals surface area contributed by atoms with Crippen LogP contribution in [0.3, 0.4) is 0 Å². The second kappa shape index (κ2) is 4.46. The first-order valence-corrected chi connectivity index (χ1v) is 6.50. The third-order valence-electron chi connectivity index (χ3n) is 3.90. The van der Waals surface area contributed by atoms with Crippen molar-refractivity contribution in [2.75, 3.05) is 24.5 Å². The molecule has 2 nitrogen and oxygen atoms in total. The molecule has 1 aromatic rings. The molecule has 16 heavy (non-hydrogen) atoms. The van der Waals surface area contributed by atoms with Gasteiger partial charge in [0.2, 0.25) is 0 Å². The molecule has 2 aliphatic rings. The molecule has 3 rings (SSSR count). The molecular formula is C14H20N2. The van der Waals surface area contributed by atoms with Gasteiger partial charge in [0, 0.05) is 18.3 Å². The average molecular weight is 216 g/mol. The fourth-order valence-electron chi connectivity index (χ4n) is 3.05. The number of fused-ring (bicyclic) bond motifs is 3. The minimum absolute atomic E-state index is 0.766. The summed E-state index contributed by atoms with van der Waals surface area (Å²) in [6.07, 6.45) is 5.16. The number of aryl methyl sites for hydroxylation is 1. The number of anilines is 1. The summed E-state index contributed by atoms with van der Waals surface area (Å²) in [5, 5.41) is 3.52. The Hall–Kier alpha value is -1.02. The number of hydrogen-bond acceptors (Lipinski definition) is 2. The second-order valence-corrected chi connectivity index (χ2v) is 4.91. The van der Waals surface area contributed by atoms with E-state index in [1.54, 1.807) is 5.56 Å². The SMILES string of the molecule is c1ccc2c(c1)CC[C@H]1CCNCCCN21. The zero-order valence-electron chi connectivity index (χ0n) is 9.78. The van der Waals surface area contributed by atoms with Crippen molar-refractivity contribution < 1.29 is 0 Å². The van der Waals surface area contributed by atoms with Crippen molar-refractivity contribution >= 4 is 5.69 Å². The lowest BCUT2D eigenvalue weighted by molar-refractivity contribution is 0.444.